The van der Waals surface area contributed by atoms with Gasteiger partial charge in [-0.1, -0.05) is 11.6 Å². The van der Waals surface area contributed by atoms with Gasteiger partial charge in [-0.25, -0.2) is 9.67 Å². The van der Waals surface area contributed by atoms with Gasteiger partial charge in [0.05, 0.1) is 10.6 Å². The minimum Gasteiger partial charge on any atom is -0.506 e. The maximum Gasteiger partial charge on any atom is 0.221 e. The number of aliphatic hydroxyl groups excluding tert-OH is 1. The molecule has 0 bridgehead atoms. The highest BCUT2D eigenvalue weighted by Crippen LogP contribution is 2.31. The summed E-state index contributed by atoms with van der Waals surface area (Å²) in [6.07, 6.45) is 0.340. The van der Waals surface area contributed by atoms with Crippen molar-refractivity contribution in [3.8, 4) is 11.5 Å². The van der Waals surface area contributed by atoms with Crippen LogP contribution < -0.4 is 4.74 Å². The van der Waals surface area contributed by atoms with Crippen molar-refractivity contribution in [1.82, 2.24) is 14.8 Å². The SMILES string of the molecule is CC(C)(O)C(O)C(Oc1ccc(Cl)c(O)c1)n1cncn1. The molecule has 3 N–H and O–H groups in total. The fourth-order valence-corrected chi connectivity index (χ4v) is 1.78. The van der Waals surface area contributed by atoms with E-state index in [0.29, 0.717) is 0 Å². The lowest BCUT2D eigenvalue weighted by Crippen LogP contribution is -2.44. The highest BCUT2D eigenvalue weighted by molar-refractivity contribution is 6.32. The van der Waals surface area contributed by atoms with E-state index in [-0.39, 0.29) is 16.5 Å². The van der Waals surface area contributed by atoms with Crippen LogP contribution in [0.4, 0.5) is 0 Å². The molecule has 0 radical (unpaired) electrons. The van der Waals surface area contributed by atoms with Crippen molar-refractivity contribution < 1.29 is 20.1 Å². The quantitative estimate of drug-likeness (QED) is 0.770. The summed E-state index contributed by atoms with van der Waals surface area (Å²) in [5, 5.41) is 33.9. The lowest BCUT2D eigenvalue weighted by atomic mass is 10.0. The number of benzene rings is 1. The van der Waals surface area contributed by atoms with Gasteiger partial charge in [0.2, 0.25) is 6.23 Å². The average Bonchev–Trinajstić information content (AvgIpc) is 2.92. The Labute approximate surface area is 126 Å². The first-order valence-electron chi connectivity index (χ1n) is 6.19. The first-order valence-corrected chi connectivity index (χ1v) is 6.56. The van der Waals surface area contributed by atoms with Crippen LogP contribution in [-0.2, 0) is 0 Å². The molecule has 114 valence electrons. The summed E-state index contributed by atoms with van der Waals surface area (Å²) in [5.74, 6) is 0.116. The van der Waals surface area contributed by atoms with E-state index in [1.54, 1.807) is 0 Å². The Morgan fingerprint density at radius 3 is 2.62 bits per heavy atom. The van der Waals surface area contributed by atoms with Crippen molar-refractivity contribution in [2.24, 2.45) is 0 Å². The average molecular weight is 314 g/mol. The van der Waals surface area contributed by atoms with Crippen molar-refractivity contribution in [1.29, 1.82) is 0 Å². The van der Waals surface area contributed by atoms with E-state index in [0.717, 1.165) is 0 Å². The van der Waals surface area contributed by atoms with Gasteiger partial charge in [0.15, 0.2) is 0 Å². The van der Waals surface area contributed by atoms with Crippen LogP contribution in [-0.4, -0.2) is 41.8 Å². The van der Waals surface area contributed by atoms with Crippen LogP contribution in [0.2, 0.25) is 5.02 Å². The first kappa shape index (κ1) is 15.6. The summed E-state index contributed by atoms with van der Waals surface area (Å²) in [7, 11) is 0. The molecule has 21 heavy (non-hydrogen) atoms. The van der Waals surface area contributed by atoms with Crippen molar-refractivity contribution >= 4 is 11.6 Å². The Bertz CT molecular complexity index is 598. The molecule has 2 rings (SSSR count). The van der Waals surface area contributed by atoms with Gasteiger partial charge < -0.3 is 20.1 Å². The summed E-state index contributed by atoms with van der Waals surface area (Å²) in [6.45, 7) is 2.90. The number of hydrogen-bond donors (Lipinski definition) is 3. The van der Waals surface area contributed by atoms with Crippen molar-refractivity contribution in [2.75, 3.05) is 0 Å². The second kappa shape index (κ2) is 5.88. The summed E-state index contributed by atoms with van der Waals surface area (Å²) in [6, 6.07) is 4.30. The number of hydrogen-bond acceptors (Lipinski definition) is 6. The Balaban J connectivity index is 2.30. The highest BCUT2D eigenvalue weighted by atomic mass is 35.5. The molecule has 0 aliphatic heterocycles. The molecule has 1 aromatic carbocycles. The van der Waals surface area contributed by atoms with E-state index in [1.807, 2.05) is 0 Å². The zero-order valence-electron chi connectivity index (χ0n) is 11.5. The zero-order chi connectivity index (χ0) is 15.6. The van der Waals surface area contributed by atoms with Crippen molar-refractivity contribution in [2.45, 2.75) is 31.8 Å². The molecular weight excluding hydrogens is 298 g/mol. The lowest BCUT2D eigenvalue weighted by molar-refractivity contribution is -0.125. The molecule has 0 saturated heterocycles. The summed E-state index contributed by atoms with van der Waals surface area (Å²) in [4.78, 5) is 3.79. The Hall–Kier alpha value is -1.83. The molecule has 0 saturated carbocycles. The van der Waals surface area contributed by atoms with Crippen LogP contribution in [0.25, 0.3) is 0 Å². The monoisotopic (exact) mass is 313 g/mol. The van der Waals surface area contributed by atoms with Crippen LogP contribution in [0, 0.1) is 0 Å². The molecule has 1 heterocycles. The molecule has 2 atom stereocenters. The maximum absolute atomic E-state index is 10.3. The topological polar surface area (TPSA) is 101 Å². The third-order valence-corrected chi connectivity index (χ3v) is 3.19. The van der Waals surface area contributed by atoms with E-state index in [4.69, 9.17) is 16.3 Å². The molecule has 0 aliphatic carbocycles. The van der Waals surface area contributed by atoms with Gasteiger partial charge in [0, 0.05) is 6.07 Å². The molecular formula is C13H16ClN3O4. The van der Waals surface area contributed by atoms with Crippen molar-refractivity contribution in [3.63, 3.8) is 0 Å². The zero-order valence-corrected chi connectivity index (χ0v) is 12.3. The van der Waals surface area contributed by atoms with Crippen LogP contribution in [0.5, 0.6) is 11.5 Å². The highest BCUT2D eigenvalue weighted by Gasteiger charge is 2.36. The van der Waals surface area contributed by atoms with Gasteiger partial charge in [-0.05, 0) is 26.0 Å². The number of aromatic nitrogens is 3. The van der Waals surface area contributed by atoms with E-state index in [1.165, 1.54) is 49.4 Å². The van der Waals surface area contributed by atoms with Crippen LogP contribution >= 0.6 is 11.6 Å². The fourth-order valence-electron chi connectivity index (χ4n) is 1.67. The first-order chi connectivity index (χ1) is 9.79. The predicted octanol–water partition coefficient (Wildman–Crippen LogP) is 1.35. The molecule has 2 aromatic rings. The van der Waals surface area contributed by atoms with Gasteiger partial charge in [0.1, 0.15) is 30.3 Å². The number of phenolic OH excluding ortho intramolecular Hbond substituents is 1. The molecule has 0 fully saturated rings. The summed E-state index contributed by atoms with van der Waals surface area (Å²) in [5.41, 5.74) is -1.43. The van der Waals surface area contributed by atoms with Gasteiger partial charge in [-0.3, -0.25) is 0 Å². The number of phenols is 1. The lowest BCUT2D eigenvalue weighted by Gasteiger charge is -2.31. The molecule has 7 nitrogen and oxygen atoms in total. The van der Waals surface area contributed by atoms with E-state index >= 15 is 0 Å². The van der Waals surface area contributed by atoms with Crippen LogP contribution in [0.15, 0.2) is 30.9 Å². The Kier molecular flexibility index (Phi) is 4.36. The molecule has 8 heteroatoms. The summed E-state index contributed by atoms with van der Waals surface area (Å²) < 4.78 is 6.89. The fraction of sp³-hybridized carbons (Fsp3) is 0.385. The molecule has 0 aliphatic rings. The number of rotatable bonds is 5. The minimum absolute atomic E-state index is 0.149. The normalized spacial score (nSPS) is 14.7. The number of halogens is 1. The molecule has 2 unspecified atom stereocenters. The maximum atomic E-state index is 10.3. The van der Waals surface area contributed by atoms with Crippen LogP contribution in [0.1, 0.15) is 20.1 Å². The third-order valence-electron chi connectivity index (χ3n) is 2.87. The van der Waals surface area contributed by atoms with Crippen molar-refractivity contribution in [3.05, 3.63) is 35.9 Å². The van der Waals surface area contributed by atoms with Crippen LogP contribution in [0.3, 0.4) is 0 Å². The van der Waals surface area contributed by atoms with Gasteiger partial charge in [-0.2, -0.15) is 5.10 Å². The van der Waals surface area contributed by atoms with E-state index < -0.39 is 17.9 Å². The Morgan fingerprint density at radius 2 is 2.10 bits per heavy atom. The molecule has 0 spiro atoms. The standard InChI is InChI=1S/C13H16ClN3O4/c1-13(2,20)11(19)12(17-7-15-6-16-17)21-8-3-4-9(14)10(18)5-8/h3-7,11-12,18-20H,1-2H3. The van der Waals surface area contributed by atoms with Gasteiger partial charge in [-0.15, -0.1) is 0 Å². The Morgan fingerprint density at radius 1 is 1.38 bits per heavy atom. The van der Waals surface area contributed by atoms with Gasteiger partial charge in [0.25, 0.3) is 0 Å². The van der Waals surface area contributed by atoms with Gasteiger partial charge >= 0.3 is 0 Å². The smallest absolute Gasteiger partial charge is 0.221 e. The summed E-state index contributed by atoms with van der Waals surface area (Å²) >= 11 is 5.73. The largest absolute Gasteiger partial charge is 0.506 e. The molecule has 1 aromatic heterocycles. The third kappa shape index (κ3) is 3.63. The number of aromatic hydroxyl groups is 1. The second-order valence-corrected chi connectivity index (χ2v) is 5.50. The number of aliphatic hydroxyl groups is 2. The van der Waals surface area contributed by atoms with E-state index in [2.05, 4.69) is 10.1 Å². The van der Waals surface area contributed by atoms with E-state index in [9.17, 15) is 15.3 Å². The molecule has 0 amide bonds. The second-order valence-electron chi connectivity index (χ2n) is 5.10. The minimum atomic E-state index is -1.43. The predicted molar refractivity (Wildman–Crippen MR) is 75.1 cm³/mol. The number of nitrogens with zero attached hydrogens (tertiary/aromatic N) is 3. The number of ether oxygens (including phenoxy) is 1.